The Hall–Kier alpha value is -4.44. The first-order chi connectivity index (χ1) is 16.5. The molecule has 1 aliphatic heterocycles. The molecule has 1 N–H and O–H groups in total. The first-order valence-corrected chi connectivity index (χ1v) is 10.7. The van der Waals surface area contributed by atoms with Gasteiger partial charge in [-0.1, -0.05) is 30.0 Å². The van der Waals surface area contributed by atoms with Crippen LogP contribution in [0.2, 0.25) is 0 Å². The van der Waals surface area contributed by atoms with Gasteiger partial charge in [0.05, 0.1) is 12.7 Å². The number of methoxy groups -OCH3 is 1. The molecule has 3 aromatic carbocycles. The van der Waals surface area contributed by atoms with Crippen molar-refractivity contribution >= 4 is 17.7 Å². The molecule has 0 unspecified atom stereocenters. The molecule has 0 spiro atoms. The van der Waals surface area contributed by atoms with Gasteiger partial charge in [-0.25, -0.2) is 9.59 Å². The lowest BCUT2D eigenvalue weighted by Gasteiger charge is -2.21. The third-order valence-electron chi connectivity index (χ3n) is 5.12. The number of nitrogens with zero attached hydrogens (tertiary/aromatic N) is 1. The van der Waals surface area contributed by atoms with Gasteiger partial charge < -0.3 is 24.4 Å². The van der Waals surface area contributed by atoms with E-state index in [-0.39, 0.29) is 6.03 Å². The normalized spacial score (nSPS) is 11.6. The van der Waals surface area contributed by atoms with Crippen molar-refractivity contribution in [1.29, 1.82) is 0 Å². The predicted octanol–water partition coefficient (Wildman–Crippen LogP) is 4.31. The van der Waals surface area contributed by atoms with Crippen LogP contribution in [0.4, 0.5) is 10.5 Å². The quantitative estimate of drug-likeness (QED) is 0.468. The molecule has 2 amide bonds. The zero-order valence-electron chi connectivity index (χ0n) is 19.0. The van der Waals surface area contributed by atoms with Gasteiger partial charge in [0.25, 0.3) is 0 Å². The summed E-state index contributed by atoms with van der Waals surface area (Å²) < 4.78 is 15.9. The van der Waals surface area contributed by atoms with E-state index in [4.69, 9.17) is 14.2 Å². The van der Waals surface area contributed by atoms with Crippen LogP contribution >= 0.6 is 0 Å². The maximum atomic E-state index is 12.7. The predicted molar refractivity (Wildman–Crippen MR) is 128 cm³/mol. The lowest BCUT2D eigenvalue weighted by Crippen LogP contribution is -2.30. The molecule has 3 aromatic rings. The fourth-order valence-corrected chi connectivity index (χ4v) is 3.41. The Labute approximate surface area is 198 Å². The molecule has 0 saturated heterocycles. The summed E-state index contributed by atoms with van der Waals surface area (Å²) in [5.74, 6) is 7.11. The highest BCUT2D eigenvalue weighted by Gasteiger charge is 2.14. The summed E-state index contributed by atoms with van der Waals surface area (Å²) in [6.45, 7) is 1.47. The van der Waals surface area contributed by atoms with Crippen LogP contribution in [-0.2, 0) is 11.3 Å². The molecule has 0 bridgehead atoms. The van der Waals surface area contributed by atoms with Crippen LogP contribution in [0, 0.1) is 11.8 Å². The van der Waals surface area contributed by atoms with E-state index in [2.05, 4.69) is 17.2 Å². The highest BCUT2D eigenvalue weighted by molar-refractivity contribution is 5.90. The number of ether oxygens (including phenoxy) is 3. The molecule has 7 nitrogen and oxygen atoms in total. The molecule has 0 aliphatic carbocycles. The molecule has 0 aromatic heterocycles. The largest absolute Gasteiger partial charge is 0.486 e. The first-order valence-electron chi connectivity index (χ1n) is 10.7. The van der Waals surface area contributed by atoms with Gasteiger partial charge in [0.15, 0.2) is 11.5 Å². The first kappa shape index (κ1) is 22.7. The maximum Gasteiger partial charge on any atom is 0.337 e. The average molecular weight is 456 g/mol. The van der Waals surface area contributed by atoms with Crippen LogP contribution in [0.3, 0.4) is 0 Å². The molecule has 1 heterocycles. The summed E-state index contributed by atoms with van der Waals surface area (Å²) >= 11 is 0. The second-order valence-corrected chi connectivity index (χ2v) is 7.67. The number of urea groups is 1. The molecule has 0 radical (unpaired) electrons. The second kappa shape index (κ2) is 10.5. The summed E-state index contributed by atoms with van der Waals surface area (Å²) in [6.07, 6.45) is 0. The van der Waals surface area contributed by atoms with Gasteiger partial charge >= 0.3 is 12.0 Å². The number of hydrogen-bond acceptors (Lipinski definition) is 5. The lowest BCUT2D eigenvalue weighted by atomic mass is 10.1. The minimum atomic E-state index is -0.409. The highest BCUT2D eigenvalue weighted by atomic mass is 16.6. The Morgan fingerprint density at radius 1 is 0.941 bits per heavy atom. The van der Waals surface area contributed by atoms with Crippen LogP contribution in [0.1, 0.15) is 27.0 Å². The Kier molecular flexibility index (Phi) is 6.99. The standard InChI is InChI=1S/C27H24N2O5/c1-29(18-21-11-12-24-25(17-21)34-14-13-33-24)27(31)28-23-8-4-6-20(16-23)10-9-19-5-3-7-22(15-19)26(30)32-2/h3-8,11-12,15-17H,13-14,18H2,1-2H3,(H,28,31). The number of amides is 2. The van der Waals surface area contributed by atoms with Crippen LogP contribution < -0.4 is 14.8 Å². The van der Waals surface area contributed by atoms with Gasteiger partial charge in [0.2, 0.25) is 0 Å². The number of anilines is 1. The fourth-order valence-electron chi connectivity index (χ4n) is 3.41. The van der Waals surface area contributed by atoms with Crippen LogP contribution in [-0.4, -0.2) is 44.3 Å². The molecule has 7 heteroatoms. The van der Waals surface area contributed by atoms with Crippen LogP contribution in [0.15, 0.2) is 66.7 Å². The third kappa shape index (κ3) is 5.67. The van der Waals surface area contributed by atoms with E-state index in [1.807, 2.05) is 36.4 Å². The zero-order valence-corrected chi connectivity index (χ0v) is 19.0. The Bertz CT molecular complexity index is 1280. The van der Waals surface area contributed by atoms with E-state index in [0.717, 1.165) is 16.9 Å². The van der Waals surface area contributed by atoms with Gasteiger partial charge in [0, 0.05) is 30.4 Å². The monoisotopic (exact) mass is 456 g/mol. The molecule has 0 atom stereocenters. The smallest absolute Gasteiger partial charge is 0.337 e. The zero-order chi connectivity index (χ0) is 23.9. The van der Waals surface area contributed by atoms with Crippen molar-refractivity contribution in [2.24, 2.45) is 0 Å². The molecular weight excluding hydrogens is 432 g/mol. The van der Waals surface area contributed by atoms with Gasteiger partial charge in [-0.15, -0.1) is 0 Å². The average Bonchev–Trinajstić information content (AvgIpc) is 2.87. The molecule has 172 valence electrons. The van der Waals surface area contributed by atoms with Crippen molar-refractivity contribution < 1.29 is 23.8 Å². The molecule has 1 aliphatic rings. The summed E-state index contributed by atoms with van der Waals surface area (Å²) in [4.78, 5) is 26.0. The van der Waals surface area contributed by atoms with Crippen molar-refractivity contribution in [2.75, 3.05) is 32.7 Å². The van der Waals surface area contributed by atoms with E-state index in [9.17, 15) is 9.59 Å². The summed E-state index contributed by atoms with van der Waals surface area (Å²) in [5, 5.41) is 2.90. The van der Waals surface area contributed by atoms with E-state index >= 15 is 0 Å². The molecule has 4 rings (SSSR count). The van der Waals surface area contributed by atoms with E-state index in [0.29, 0.717) is 42.3 Å². The molecule has 0 fully saturated rings. The van der Waals surface area contributed by atoms with Crippen LogP contribution in [0.25, 0.3) is 0 Å². The Morgan fingerprint density at radius 2 is 1.65 bits per heavy atom. The SMILES string of the molecule is COC(=O)c1cccc(C#Cc2cccc(NC(=O)N(C)Cc3ccc4c(c3)OCCO4)c2)c1. The lowest BCUT2D eigenvalue weighted by molar-refractivity contribution is 0.0600. The number of esters is 1. The summed E-state index contributed by atoms with van der Waals surface area (Å²) in [5.41, 5.74) is 3.44. The minimum Gasteiger partial charge on any atom is -0.486 e. The van der Waals surface area contributed by atoms with E-state index in [1.54, 1.807) is 42.3 Å². The minimum absolute atomic E-state index is 0.245. The molecular formula is C27H24N2O5. The number of benzene rings is 3. The van der Waals surface area contributed by atoms with Gasteiger partial charge in [-0.05, 0) is 54.1 Å². The number of rotatable bonds is 4. The Balaban J connectivity index is 1.40. The number of nitrogens with one attached hydrogen (secondary N) is 1. The molecule has 34 heavy (non-hydrogen) atoms. The number of hydrogen-bond donors (Lipinski definition) is 1. The second-order valence-electron chi connectivity index (χ2n) is 7.67. The number of fused-ring (bicyclic) bond motifs is 1. The number of carbonyl (C=O) groups excluding carboxylic acids is 2. The van der Waals surface area contributed by atoms with Gasteiger partial charge in [-0.2, -0.15) is 0 Å². The van der Waals surface area contributed by atoms with Crippen molar-refractivity contribution in [1.82, 2.24) is 4.90 Å². The fraction of sp³-hybridized carbons (Fsp3) is 0.185. The summed E-state index contributed by atoms with van der Waals surface area (Å²) in [7, 11) is 3.07. The van der Waals surface area contributed by atoms with Crippen molar-refractivity contribution in [3.05, 3.63) is 89.0 Å². The topological polar surface area (TPSA) is 77.1 Å². The third-order valence-corrected chi connectivity index (χ3v) is 5.12. The highest BCUT2D eigenvalue weighted by Crippen LogP contribution is 2.31. The summed E-state index contributed by atoms with van der Waals surface area (Å²) in [6, 6.07) is 19.6. The van der Waals surface area contributed by atoms with E-state index < -0.39 is 5.97 Å². The van der Waals surface area contributed by atoms with Gasteiger partial charge in [-0.3, -0.25) is 0 Å². The number of carbonyl (C=O) groups is 2. The van der Waals surface area contributed by atoms with Gasteiger partial charge in [0.1, 0.15) is 13.2 Å². The van der Waals surface area contributed by atoms with Crippen molar-refractivity contribution in [2.45, 2.75) is 6.54 Å². The van der Waals surface area contributed by atoms with E-state index in [1.165, 1.54) is 7.11 Å². The Morgan fingerprint density at radius 3 is 2.41 bits per heavy atom. The van der Waals surface area contributed by atoms with Crippen molar-refractivity contribution in [3.8, 4) is 23.3 Å². The van der Waals surface area contributed by atoms with Crippen LogP contribution in [0.5, 0.6) is 11.5 Å². The van der Waals surface area contributed by atoms with Crippen molar-refractivity contribution in [3.63, 3.8) is 0 Å². The maximum absolute atomic E-state index is 12.7. The molecule has 0 saturated carbocycles.